The van der Waals surface area contributed by atoms with Crippen molar-refractivity contribution in [3.8, 4) is 0 Å². The van der Waals surface area contributed by atoms with Crippen LogP contribution >= 0.6 is 12.3 Å². The van der Waals surface area contributed by atoms with Crippen LogP contribution in [0, 0.1) is 17.8 Å². The number of nitrogens with one attached hydrogen (secondary N) is 1. The van der Waals surface area contributed by atoms with Crippen LogP contribution < -0.4 is 11.2 Å². The van der Waals surface area contributed by atoms with Crippen LogP contribution in [0.2, 0.25) is 0 Å². The molecule has 0 amide bonds. The van der Waals surface area contributed by atoms with Crippen LogP contribution in [0.3, 0.4) is 0 Å². The van der Waals surface area contributed by atoms with Crippen molar-refractivity contribution in [2.75, 3.05) is 0 Å². The van der Waals surface area contributed by atoms with E-state index in [4.69, 9.17) is 0 Å². The first-order chi connectivity index (χ1) is 13.5. The van der Waals surface area contributed by atoms with E-state index >= 15 is 0 Å². The van der Waals surface area contributed by atoms with Gasteiger partial charge >= 0.3 is 5.69 Å². The molecule has 7 rings (SSSR count). The molecule has 7 nitrogen and oxygen atoms in total. The zero-order valence-electron chi connectivity index (χ0n) is 15.0. The monoisotopic (exact) mass is 402 g/mol. The molecule has 2 atom stereocenters. The third kappa shape index (κ3) is 2.11. The van der Waals surface area contributed by atoms with E-state index in [9.17, 15) is 18.6 Å². The standard InChI is InChI=1S/C19H19FN4O3S/c20-28-23-2-1-12-15-13(8-21-16(12)23)17(25)22-18(26)24(15)14-10-3-9-4-11(14)7-19(27,5-9)6-10/h1-2,8-11,14,27H,3-7H2,(H,22,25,26). The lowest BCUT2D eigenvalue weighted by atomic mass is 9.52. The fraction of sp³-hybridized carbons (Fsp3) is 0.526. The van der Waals surface area contributed by atoms with Crippen LogP contribution in [0.5, 0.6) is 0 Å². The SMILES string of the molecule is O=c1[nH]c(=O)n(C2C3CC4CC2CC(O)(C4)C3)c2c1cnc1c2ccn1SF. The Morgan fingerprint density at radius 3 is 2.64 bits per heavy atom. The van der Waals surface area contributed by atoms with Crippen molar-refractivity contribution < 1.29 is 8.99 Å². The van der Waals surface area contributed by atoms with Crippen molar-refractivity contribution in [3.63, 3.8) is 0 Å². The summed E-state index contributed by atoms with van der Waals surface area (Å²) in [6, 6.07) is 1.63. The summed E-state index contributed by atoms with van der Waals surface area (Å²) in [6.07, 6.45) is 7.19. The van der Waals surface area contributed by atoms with Crippen molar-refractivity contribution in [2.45, 2.75) is 43.7 Å². The number of pyridine rings is 1. The summed E-state index contributed by atoms with van der Waals surface area (Å²) in [4.78, 5) is 32.2. The zero-order chi connectivity index (χ0) is 19.2. The van der Waals surface area contributed by atoms with Gasteiger partial charge in [0.25, 0.3) is 5.56 Å². The van der Waals surface area contributed by atoms with Crippen LogP contribution in [0.1, 0.15) is 38.1 Å². The molecule has 0 aliphatic heterocycles. The van der Waals surface area contributed by atoms with Crippen molar-refractivity contribution in [3.05, 3.63) is 39.3 Å². The fourth-order valence-electron chi connectivity index (χ4n) is 6.52. The van der Waals surface area contributed by atoms with Gasteiger partial charge in [-0.25, -0.2) is 13.8 Å². The fourth-order valence-corrected chi connectivity index (χ4v) is 6.84. The van der Waals surface area contributed by atoms with Crippen molar-refractivity contribution in [1.82, 2.24) is 18.5 Å². The van der Waals surface area contributed by atoms with Gasteiger partial charge in [-0.2, -0.15) is 0 Å². The normalized spacial score (nSPS) is 33.9. The second-order valence-corrected chi connectivity index (χ2v) is 9.31. The molecule has 3 aromatic rings. The Kier molecular flexibility index (Phi) is 3.28. The van der Waals surface area contributed by atoms with Crippen LogP contribution in [0.4, 0.5) is 3.89 Å². The first-order valence-electron chi connectivity index (χ1n) is 9.63. The van der Waals surface area contributed by atoms with Gasteiger partial charge in [-0.3, -0.25) is 14.3 Å². The van der Waals surface area contributed by atoms with Crippen LogP contribution in [0.15, 0.2) is 28.0 Å². The van der Waals surface area contributed by atoms with E-state index in [0.717, 1.165) is 19.3 Å². The number of hydrogen-bond donors (Lipinski definition) is 2. The average molecular weight is 402 g/mol. The Morgan fingerprint density at radius 2 is 1.96 bits per heavy atom. The van der Waals surface area contributed by atoms with Gasteiger partial charge in [-0.15, -0.1) is 3.89 Å². The summed E-state index contributed by atoms with van der Waals surface area (Å²) >= 11 is 0.0335. The molecular weight excluding hydrogens is 383 g/mol. The number of aliphatic hydroxyl groups is 1. The molecule has 4 fully saturated rings. The molecule has 4 saturated carbocycles. The van der Waals surface area contributed by atoms with Gasteiger partial charge in [0.05, 0.1) is 16.5 Å². The number of nitrogens with zero attached hydrogens (tertiary/aromatic N) is 3. The van der Waals surface area contributed by atoms with E-state index in [1.165, 1.54) is 10.2 Å². The van der Waals surface area contributed by atoms with Gasteiger partial charge in [0.15, 0.2) is 18.0 Å². The van der Waals surface area contributed by atoms with Gasteiger partial charge in [-0.05, 0) is 55.9 Å². The van der Waals surface area contributed by atoms with E-state index in [1.807, 2.05) is 0 Å². The van der Waals surface area contributed by atoms with Crippen LogP contribution in [-0.4, -0.2) is 29.2 Å². The molecule has 2 N–H and O–H groups in total. The molecule has 3 heterocycles. The minimum atomic E-state index is -0.611. The highest BCUT2D eigenvalue weighted by Gasteiger charge is 2.55. The smallest absolute Gasteiger partial charge is 0.329 e. The Hall–Kier alpha value is -2.13. The largest absolute Gasteiger partial charge is 0.390 e. The highest BCUT2D eigenvalue weighted by molar-refractivity contribution is 7.92. The number of aromatic nitrogens is 4. The Labute approximate surface area is 163 Å². The van der Waals surface area contributed by atoms with E-state index in [0.29, 0.717) is 40.7 Å². The molecule has 4 aliphatic rings. The minimum Gasteiger partial charge on any atom is -0.390 e. The topological polar surface area (TPSA) is 92.9 Å². The summed E-state index contributed by atoms with van der Waals surface area (Å²) in [5, 5.41) is 11.8. The van der Waals surface area contributed by atoms with E-state index in [1.54, 1.807) is 16.8 Å². The highest BCUT2D eigenvalue weighted by Crippen LogP contribution is 2.60. The average Bonchev–Trinajstić information content (AvgIpc) is 3.05. The summed E-state index contributed by atoms with van der Waals surface area (Å²) in [6.45, 7) is 0. The summed E-state index contributed by atoms with van der Waals surface area (Å²) in [7, 11) is 0. The summed E-state index contributed by atoms with van der Waals surface area (Å²) in [5.41, 5.74) is -0.610. The molecule has 0 spiro atoms. The Morgan fingerprint density at radius 1 is 1.21 bits per heavy atom. The van der Waals surface area contributed by atoms with Gasteiger partial charge in [0.1, 0.15) is 0 Å². The molecule has 146 valence electrons. The zero-order valence-corrected chi connectivity index (χ0v) is 15.8. The summed E-state index contributed by atoms with van der Waals surface area (Å²) < 4.78 is 16.3. The first-order valence-corrected chi connectivity index (χ1v) is 10.3. The molecule has 4 bridgehead atoms. The first kappa shape index (κ1) is 16.8. The molecule has 0 saturated heterocycles. The van der Waals surface area contributed by atoms with Gasteiger partial charge in [0.2, 0.25) is 0 Å². The number of halogens is 1. The molecule has 3 aromatic heterocycles. The van der Waals surface area contributed by atoms with Crippen LogP contribution in [-0.2, 0) is 0 Å². The van der Waals surface area contributed by atoms with Gasteiger partial charge in [-0.1, -0.05) is 0 Å². The minimum absolute atomic E-state index is 0.0335. The third-order valence-electron chi connectivity index (χ3n) is 7.14. The number of H-pyrrole nitrogens is 1. The maximum atomic E-state index is 13.3. The van der Waals surface area contributed by atoms with E-state index in [-0.39, 0.29) is 30.2 Å². The molecule has 0 radical (unpaired) electrons. The molecule has 9 heteroatoms. The predicted molar refractivity (Wildman–Crippen MR) is 104 cm³/mol. The lowest BCUT2D eigenvalue weighted by Gasteiger charge is -2.58. The third-order valence-corrected chi connectivity index (χ3v) is 7.58. The van der Waals surface area contributed by atoms with E-state index < -0.39 is 16.9 Å². The molecule has 4 aliphatic carbocycles. The Bertz CT molecular complexity index is 1230. The lowest BCUT2D eigenvalue weighted by molar-refractivity contribution is -0.146. The predicted octanol–water partition coefficient (Wildman–Crippen LogP) is 2.53. The number of hydrogen-bond acceptors (Lipinski definition) is 5. The Balaban J connectivity index is 1.66. The quantitative estimate of drug-likeness (QED) is 0.687. The maximum absolute atomic E-state index is 13.3. The maximum Gasteiger partial charge on any atom is 0.329 e. The highest BCUT2D eigenvalue weighted by atomic mass is 32.2. The second-order valence-electron chi connectivity index (χ2n) is 8.78. The molecule has 2 unspecified atom stereocenters. The van der Waals surface area contributed by atoms with Crippen molar-refractivity contribution >= 4 is 34.3 Å². The van der Waals surface area contributed by atoms with Crippen molar-refractivity contribution in [2.24, 2.45) is 17.8 Å². The van der Waals surface area contributed by atoms with Crippen molar-refractivity contribution in [1.29, 1.82) is 0 Å². The molecule has 28 heavy (non-hydrogen) atoms. The molecule has 0 aromatic carbocycles. The number of rotatable bonds is 2. The van der Waals surface area contributed by atoms with Gasteiger partial charge < -0.3 is 5.11 Å². The van der Waals surface area contributed by atoms with E-state index in [2.05, 4.69) is 9.97 Å². The lowest BCUT2D eigenvalue weighted by Crippen LogP contribution is -2.56. The summed E-state index contributed by atoms with van der Waals surface area (Å²) in [5.74, 6) is 0.905. The second kappa shape index (κ2) is 5.48. The number of aromatic amines is 1. The van der Waals surface area contributed by atoms with Crippen LogP contribution in [0.25, 0.3) is 21.9 Å². The van der Waals surface area contributed by atoms with Gasteiger partial charge in [0, 0.05) is 23.8 Å². The molecular formula is C19H19FN4O3S. The number of fused-ring (bicyclic) bond motifs is 3.